The van der Waals surface area contributed by atoms with Crippen LogP contribution < -0.4 is 0 Å². The largest absolute Gasteiger partial charge is 0.354 e. The quantitative estimate of drug-likeness (QED) is 0.486. The summed E-state index contributed by atoms with van der Waals surface area (Å²) in [4.78, 5) is 0. The molecule has 1 atom stereocenters. The normalized spacial score (nSPS) is 34.3. The van der Waals surface area contributed by atoms with E-state index >= 15 is 0 Å². The molecule has 1 rings (SSSR count). The predicted octanol–water partition coefficient (Wildman–Crippen LogP) is 1.38. The molecule has 0 N–H and O–H groups in total. The SMILES string of the molecule is CC1(C)OCOCC1Cl. The molecule has 0 radical (unpaired) electrons. The molecule has 1 unspecified atom stereocenters. The first kappa shape index (κ1) is 7.32. The molecule has 1 fully saturated rings. The Balaban J connectivity index is 2.49. The summed E-state index contributed by atoms with van der Waals surface area (Å²) in [6, 6.07) is 0. The van der Waals surface area contributed by atoms with E-state index in [-0.39, 0.29) is 11.0 Å². The lowest BCUT2D eigenvalue weighted by Gasteiger charge is -2.34. The maximum absolute atomic E-state index is 5.86. The maximum Gasteiger partial charge on any atom is 0.147 e. The van der Waals surface area contributed by atoms with Crippen LogP contribution in [-0.4, -0.2) is 24.4 Å². The summed E-state index contributed by atoms with van der Waals surface area (Å²) in [5.74, 6) is 0. The van der Waals surface area contributed by atoms with Gasteiger partial charge in [-0.3, -0.25) is 0 Å². The Morgan fingerprint density at radius 2 is 2.22 bits per heavy atom. The van der Waals surface area contributed by atoms with Gasteiger partial charge in [-0.05, 0) is 13.8 Å². The predicted molar refractivity (Wildman–Crippen MR) is 35.6 cm³/mol. The Morgan fingerprint density at radius 3 is 2.56 bits per heavy atom. The highest BCUT2D eigenvalue weighted by Crippen LogP contribution is 2.23. The van der Waals surface area contributed by atoms with Crippen molar-refractivity contribution in [1.82, 2.24) is 0 Å². The monoisotopic (exact) mass is 150 g/mol. The fourth-order valence-electron chi connectivity index (χ4n) is 0.636. The van der Waals surface area contributed by atoms with E-state index in [1.54, 1.807) is 0 Å². The lowest BCUT2D eigenvalue weighted by Crippen LogP contribution is -2.43. The zero-order valence-electron chi connectivity index (χ0n) is 5.69. The van der Waals surface area contributed by atoms with Crippen LogP contribution in [0.3, 0.4) is 0 Å². The molecule has 1 saturated heterocycles. The number of hydrogen-bond acceptors (Lipinski definition) is 2. The van der Waals surface area contributed by atoms with Crippen LogP contribution in [0.25, 0.3) is 0 Å². The minimum Gasteiger partial charge on any atom is -0.354 e. The molecular formula is C6H11ClO2. The number of rotatable bonds is 0. The smallest absolute Gasteiger partial charge is 0.147 e. The second kappa shape index (κ2) is 2.45. The van der Waals surface area contributed by atoms with E-state index in [1.165, 1.54) is 0 Å². The molecule has 3 heteroatoms. The lowest BCUT2D eigenvalue weighted by atomic mass is 10.1. The molecule has 0 aromatic carbocycles. The summed E-state index contributed by atoms with van der Waals surface area (Å²) < 4.78 is 10.2. The van der Waals surface area contributed by atoms with Crippen molar-refractivity contribution in [3.05, 3.63) is 0 Å². The number of hydrogen-bond donors (Lipinski definition) is 0. The maximum atomic E-state index is 5.86. The van der Waals surface area contributed by atoms with E-state index in [9.17, 15) is 0 Å². The van der Waals surface area contributed by atoms with Crippen molar-refractivity contribution in [3.8, 4) is 0 Å². The fourth-order valence-corrected chi connectivity index (χ4v) is 0.788. The van der Waals surface area contributed by atoms with Gasteiger partial charge in [0.2, 0.25) is 0 Å². The molecule has 1 heterocycles. The summed E-state index contributed by atoms with van der Waals surface area (Å²) in [6.07, 6.45) is 0. The molecule has 0 aromatic heterocycles. The Morgan fingerprint density at radius 1 is 1.56 bits per heavy atom. The number of halogens is 1. The van der Waals surface area contributed by atoms with Crippen LogP contribution in [0.4, 0.5) is 0 Å². The average molecular weight is 151 g/mol. The van der Waals surface area contributed by atoms with Crippen LogP contribution in [0.2, 0.25) is 0 Å². The van der Waals surface area contributed by atoms with E-state index < -0.39 is 0 Å². The standard InChI is InChI=1S/C6H11ClO2/c1-6(2)5(7)3-8-4-9-6/h5H,3-4H2,1-2H3. The Bertz CT molecular complexity index is 103. The highest BCUT2D eigenvalue weighted by molar-refractivity contribution is 6.21. The average Bonchev–Trinajstić information content (AvgIpc) is 1.77. The van der Waals surface area contributed by atoms with Gasteiger partial charge < -0.3 is 9.47 Å². The van der Waals surface area contributed by atoms with E-state index in [1.807, 2.05) is 13.8 Å². The van der Waals surface area contributed by atoms with Gasteiger partial charge in [0, 0.05) is 0 Å². The molecule has 54 valence electrons. The van der Waals surface area contributed by atoms with Crippen molar-refractivity contribution in [3.63, 3.8) is 0 Å². The van der Waals surface area contributed by atoms with Crippen molar-refractivity contribution in [2.24, 2.45) is 0 Å². The first-order chi connectivity index (χ1) is 4.13. The van der Waals surface area contributed by atoms with Crippen LogP contribution in [0, 0.1) is 0 Å². The molecule has 2 nitrogen and oxygen atoms in total. The summed E-state index contributed by atoms with van der Waals surface area (Å²) in [7, 11) is 0. The first-order valence-corrected chi connectivity index (χ1v) is 3.42. The Hall–Kier alpha value is 0.210. The molecule has 0 aliphatic carbocycles. The second-order valence-corrected chi connectivity index (χ2v) is 3.23. The van der Waals surface area contributed by atoms with E-state index in [4.69, 9.17) is 21.1 Å². The topological polar surface area (TPSA) is 18.5 Å². The van der Waals surface area contributed by atoms with Crippen LogP contribution >= 0.6 is 11.6 Å². The fraction of sp³-hybridized carbons (Fsp3) is 1.00. The molecular weight excluding hydrogens is 140 g/mol. The summed E-state index contributed by atoms with van der Waals surface area (Å²) in [5, 5.41) is -0.0220. The third kappa shape index (κ3) is 1.57. The van der Waals surface area contributed by atoms with Gasteiger partial charge >= 0.3 is 0 Å². The van der Waals surface area contributed by atoms with E-state index in [0.717, 1.165) is 0 Å². The lowest BCUT2D eigenvalue weighted by molar-refractivity contribution is -0.175. The molecule has 0 amide bonds. The molecule has 0 saturated carbocycles. The molecule has 0 bridgehead atoms. The van der Waals surface area contributed by atoms with Crippen LogP contribution in [0.1, 0.15) is 13.8 Å². The zero-order valence-corrected chi connectivity index (χ0v) is 6.44. The van der Waals surface area contributed by atoms with Gasteiger partial charge in [0.05, 0.1) is 17.6 Å². The molecule has 0 spiro atoms. The number of alkyl halides is 1. The third-order valence-electron chi connectivity index (χ3n) is 1.53. The highest BCUT2D eigenvalue weighted by atomic mass is 35.5. The highest BCUT2D eigenvalue weighted by Gasteiger charge is 2.32. The minimum absolute atomic E-state index is 0.0220. The van der Waals surface area contributed by atoms with Crippen molar-refractivity contribution < 1.29 is 9.47 Å². The van der Waals surface area contributed by atoms with Crippen LogP contribution in [0.15, 0.2) is 0 Å². The van der Waals surface area contributed by atoms with Gasteiger partial charge in [0.15, 0.2) is 0 Å². The van der Waals surface area contributed by atoms with Crippen molar-refractivity contribution >= 4 is 11.6 Å². The van der Waals surface area contributed by atoms with Gasteiger partial charge in [-0.25, -0.2) is 0 Å². The molecule has 1 aliphatic heterocycles. The van der Waals surface area contributed by atoms with E-state index in [0.29, 0.717) is 13.4 Å². The van der Waals surface area contributed by atoms with Crippen molar-refractivity contribution in [2.75, 3.05) is 13.4 Å². The van der Waals surface area contributed by atoms with Gasteiger partial charge in [0.25, 0.3) is 0 Å². The van der Waals surface area contributed by atoms with Gasteiger partial charge in [0.1, 0.15) is 6.79 Å². The van der Waals surface area contributed by atoms with Gasteiger partial charge in [-0.2, -0.15) is 0 Å². The van der Waals surface area contributed by atoms with Gasteiger partial charge in [-0.1, -0.05) is 0 Å². The third-order valence-corrected chi connectivity index (χ3v) is 2.18. The first-order valence-electron chi connectivity index (χ1n) is 2.99. The summed E-state index contributed by atoms with van der Waals surface area (Å²) >= 11 is 5.86. The van der Waals surface area contributed by atoms with Crippen molar-refractivity contribution in [1.29, 1.82) is 0 Å². The van der Waals surface area contributed by atoms with Crippen molar-refractivity contribution in [2.45, 2.75) is 24.8 Å². The van der Waals surface area contributed by atoms with Gasteiger partial charge in [-0.15, -0.1) is 11.6 Å². The second-order valence-electron chi connectivity index (χ2n) is 2.70. The summed E-state index contributed by atoms with van der Waals surface area (Å²) in [6.45, 7) is 4.89. The number of ether oxygens (including phenoxy) is 2. The molecule has 9 heavy (non-hydrogen) atoms. The molecule has 0 aromatic rings. The summed E-state index contributed by atoms with van der Waals surface area (Å²) in [5.41, 5.74) is -0.222. The zero-order chi connectivity index (χ0) is 6.91. The Kier molecular flexibility index (Phi) is 1.99. The molecule has 1 aliphatic rings. The Labute approximate surface area is 60.1 Å². The minimum atomic E-state index is -0.222. The van der Waals surface area contributed by atoms with Crippen LogP contribution in [-0.2, 0) is 9.47 Å². The van der Waals surface area contributed by atoms with Crippen LogP contribution in [0.5, 0.6) is 0 Å². The van der Waals surface area contributed by atoms with E-state index in [2.05, 4.69) is 0 Å².